The average molecular weight is 349 g/mol. The van der Waals surface area contributed by atoms with Crippen LogP contribution in [-0.2, 0) is 6.61 Å². The lowest BCUT2D eigenvalue weighted by Gasteiger charge is -2.05. The molecule has 8 nitrogen and oxygen atoms in total. The van der Waals surface area contributed by atoms with Crippen LogP contribution in [0.25, 0.3) is 11.3 Å². The molecule has 0 spiro atoms. The van der Waals surface area contributed by atoms with Gasteiger partial charge < -0.3 is 9.47 Å². The summed E-state index contributed by atoms with van der Waals surface area (Å²) in [6.07, 6.45) is 6.25. The number of hydrogen-bond donors (Lipinski definition) is 0. The van der Waals surface area contributed by atoms with Crippen LogP contribution >= 0.6 is 0 Å². The van der Waals surface area contributed by atoms with E-state index in [1.807, 2.05) is 30.3 Å². The predicted molar refractivity (Wildman–Crippen MR) is 93.7 cm³/mol. The number of benzene rings is 1. The second-order valence-corrected chi connectivity index (χ2v) is 5.46. The van der Waals surface area contributed by atoms with E-state index in [2.05, 4.69) is 15.1 Å². The Morgan fingerprint density at radius 3 is 2.77 bits per heavy atom. The lowest BCUT2D eigenvalue weighted by molar-refractivity contribution is 0.300. The van der Waals surface area contributed by atoms with E-state index in [0.29, 0.717) is 22.9 Å². The number of hydrogen-bond acceptors (Lipinski definition) is 6. The molecule has 3 aromatic heterocycles. The van der Waals surface area contributed by atoms with Crippen molar-refractivity contribution in [2.75, 3.05) is 7.11 Å². The maximum absolute atomic E-state index is 12.8. The van der Waals surface area contributed by atoms with Crippen molar-refractivity contribution in [3.8, 4) is 17.4 Å². The molecule has 0 atom stereocenters. The zero-order valence-electron chi connectivity index (χ0n) is 13.9. The van der Waals surface area contributed by atoms with Crippen LogP contribution in [0, 0.1) is 0 Å². The van der Waals surface area contributed by atoms with E-state index in [-0.39, 0.29) is 12.2 Å². The van der Waals surface area contributed by atoms with Crippen LogP contribution < -0.4 is 15.0 Å². The van der Waals surface area contributed by atoms with Crippen molar-refractivity contribution in [2.24, 2.45) is 0 Å². The van der Waals surface area contributed by atoms with E-state index in [0.717, 1.165) is 5.75 Å². The molecule has 0 bridgehead atoms. The van der Waals surface area contributed by atoms with Crippen LogP contribution in [0.4, 0.5) is 0 Å². The molecule has 0 saturated heterocycles. The molecule has 4 aromatic rings. The van der Waals surface area contributed by atoms with Gasteiger partial charge in [0.05, 0.1) is 19.5 Å². The molecule has 4 rings (SSSR count). The highest BCUT2D eigenvalue weighted by atomic mass is 16.5. The molecule has 0 aliphatic carbocycles. The van der Waals surface area contributed by atoms with Gasteiger partial charge in [-0.2, -0.15) is 10.1 Å². The van der Waals surface area contributed by atoms with Crippen molar-refractivity contribution in [1.29, 1.82) is 0 Å². The van der Waals surface area contributed by atoms with Crippen LogP contribution in [0.15, 0.2) is 66.0 Å². The summed E-state index contributed by atoms with van der Waals surface area (Å²) in [5, 5.41) is 4.37. The minimum absolute atomic E-state index is 0.256. The predicted octanol–water partition coefficient (Wildman–Crippen LogP) is 1.86. The van der Waals surface area contributed by atoms with E-state index in [9.17, 15) is 4.79 Å². The van der Waals surface area contributed by atoms with Crippen molar-refractivity contribution < 1.29 is 9.47 Å². The molecular weight excluding hydrogens is 334 g/mol. The monoisotopic (exact) mass is 349 g/mol. The van der Waals surface area contributed by atoms with Gasteiger partial charge in [0, 0.05) is 12.4 Å². The average Bonchev–Trinajstić information content (AvgIpc) is 3.12. The van der Waals surface area contributed by atoms with E-state index in [1.165, 1.54) is 28.6 Å². The highest BCUT2D eigenvalue weighted by molar-refractivity contribution is 5.46. The normalized spacial score (nSPS) is 10.8. The first-order chi connectivity index (χ1) is 12.7. The molecule has 26 heavy (non-hydrogen) atoms. The highest BCUT2D eigenvalue weighted by Crippen LogP contribution is 2.12. The maximum Gasteiger partial charge on any atom is 0.282 e. The zero-order chi connectivity index (χ0) is 17.9. The van der Waals surface area contributed by atoms with Gasteiger partial charge in [0.15, 0.2) is 5.82 Å². The largest absolute Gasteiger partial charge is 0.487 e. The third kappa shape index (κ3) is 3.00. The van der Waals surface area contributed by atoms with E-state index in [4.69, 9.17) is 9.47 Å². The fraction of sp³-hybridized carbons (Fsp3) is 0.111. The van der Waals surface area contributed by atoms with Crippen molar-refractivity contribution in [3.05, 3.63) is 77.2 Å². The summed E-state index contributed by atoms with van der Waals surface area (Å²) in [7, 11) is 1.50. The molecule has 0 N–H and O–H groups in total. The van der Waals surface area contributed by atoms with Gasteiger partial charge in [-0.15, -0.1) is 0 Å². The Kier molecular flexibility index (Phi) is 4.06. The van der Waals surface area contributed by atoms with E-state index < -0.39 is 0 Å². The first-order valence-corrected chi connectivity index (χ1v) is 7.89. The van der Waals surface area contributed by atoms with Gasteiger partial charge >= 0.3 is 0 Å². The van der Waals surface area contributed by atoms with Crippen LogP contribution in [0.5, 0.6) is 11.6 Å². The van der Waals surface area contributed by atoms with Crippen LogP contribution in [-0.4, -0.2) is 31.3 Å². The summed E-state index contributed by atoms with van der Waals surface area (Å²) in [4.78, 5) is 21.0. The van der Waals surface area contributed by atoms with Crippen LogP contribution in [0.2, 0.25) is 0 Å². The van der Waals surface area contributed by atoms with Crippen LogP contribution in [0.1, 0.15) is 5.69 Å². The number of rotatable bonds is 5. The van der Waals surface area contributed by atoms with Crippen molar-refractivity contribution in [2.45, 2.75) is 6.61 Å². The number of aromatic nitrogens is 5. The minimum atomic E-state index is -0.256. The van der Waals surface area contributed by atoms with Crippen LogP contribution in [0.3, 0.4) is 0 Å². The Morgan fingerprint density at radius 1 is 1.12 bits per heavy atom. The number of para-hydroxylation sites is 1. The standard InChI is InChI=1S/C18H15N5O3/c1-25-17-11-19-10-16(20-17)22-7-8-23-15(18(22)24)9-13(21-23)12-26-14-5-3-2-4-6-14/h2-11H,12H2,1H3. The second kappa shape index (κ2) is 6.67. The number of fused-ring (bicyclic) bond motifs is 1. The van der Waals surface area contributed by atoms with Crippen molar-refractivity contribution in [3.63, 3.8) is 0 Å². The lowest BCUT2D eigenvalue weighted by Crippen LogP contribution is -2.20. The van der Waals surface area contributed by atoms with Gasteiger partial charge in [0.1, 0.15) is 23.6 Å². The Labute approximate surface area is 148 Å². The molecule has 0 fully saturated rings. The van der Waals surface area contributed by atoms with Gasteiger partial charge in [-0.25, -0.2) is 4.52 Å². The molecule has 0 saturated carbocycles. The third-order valence-corrected chi connectivity index (χ3v) is 3.77. The molecule has 0 amide bonds. The van der Waals surface area contributed by atoms with E-state index >= 15 is 0 Å². The molecule has 0 unspecified atom stereocenters. The third-order valence-electron chi connectivity index (χ3n) is 3.77. The molecule has 3 heterocycles. The van der Waals surface area contributed by atoms with Gasteiger partial charge in [-0.05, 0) is 18.2 Å². The van der Waals surface area contributed by atoms with Gasteiger partial charge in [0.25, 0.3) is 5.56 Å². The Balaban J connectivity index is 1.66. The van der Waals surface area contributed by atoms with Gasteiger partial charge in [0.2, 0.25) is 5.88 Å². The topological polar surface area (TPSA) is 83.5 Å². The fourth-order valence-electron chi connectivity index (χ4n) is 2.52. The minimum Gasteiger partial charge on any atom is -0.487 e. The number of methoxy groups -OCH3 is 1. The van der Waals surface area contributed by atoms with Crippen molar-refractivity contribution >= 4 is 5.52 Å². The number of ether oxygens (including phenoxy) is 2. The Bertz CT molecular complexity index is 1100. The first kappa shape index (κ1) is 15.8. The molecular formula is C18H15N5O3. The van der Waals surface area contributed by atoms with Crippen molar-refractivity contribution in [1.82, 2.24) is 24.1 Å². The quantitative estimate of drug-likeness (QED) is 0.547. The summed E-state index contributed by atoms with van der Waals surface area (Å²) < 4.78 is 13.7. The van der Waals surface area contributed by atoms with Gasteiger partial charge in [-0.3, -0.25) is 14.3 Å². The molecule has 0 aliphatic heterocycles. The Morgan fingerprint density at radius 2 is 1.96 bits per heavy atom. The number of nitrogens with zero attached hydrogens (tertiary/aromatic N) is 5. The first-order valence-electron chi connectivity index (χ1n) is 7.89. The zero-order valence-corrected chi connectivity index (χ0v) is 13.9. The summed E-state index contributed by atoms with van der Waals surface area (Å²) in [5.41, 5.74) is 0.817. The molecule has 8 heteroatoms. The Hall–Kier alpha value is -3.68. The maximum atomic E-state index is 12.8. The van der Waals surface area contributed by atoms with Gasteiger partial charge in [-0.1, -0.05) is 18.2 Å². The molecule has 130 valence electrons. The fourth-order valence-corrected chi connectivity index (χ4v) is 2.52. The SMILES string of the molecule is COc1cncc(-n2ccn3nc(COc4ccccc4)cc3c2=O)n1. The summed E-state index contributed by atoms with van der Waals surface area (Å²) in [5.74, 6) is 1.45. The van der Waals surface area contributed by atoms with E-state index in [1.54, 1.807) is 18.5 Å². The summed E-state index contributed by atoms with van der Waals surface area (Å²) in [6, 6.07) is 11.1. The highest BCUT2D eigenvalue weighted by Gasteiger charge is 2.11. The molecule has 1 aromatic carbocycles. The smallest absolute Gasteiger partial charge is 0.282 e. The summed E-state index contributed by atoms with van der Waals surface area (Å²) >= 11 is 0. The molecule has 0 aliphatic rings. The second-order valence-electron chi connectivity index (χ2n) is 5.46. The molecule has 0 radical (unpaired) electrons. The summed E-state index contributed by atoms with van der Waals surface area (Å²) in [6.45, 7) is 0.268. The lowest BCUT2D eigenvalue weighted by atomic mass is 10.3.